The number of carboxylic acids is 1. The second-order valence-electron chi connectivity index (χ2n) is 10.6. The van der Waals surface area contributed by atoms with Gasteiger partial charge < -0.3 is 20.4 Å². The largest absolute Gasteiger partial charge is 0.481 e. The predicted octanol–water partition coefficient (Wildman–Crippen LogP) is 5.54. The van der Waals surface area contributed by atoms with Crippen molar-refractivity contribution in [2.24, 2.45) is 5.92 Å². The number of hydrogen-bond acceptors (Lipinski definition) is 9. The summed E-state index contributed by atoms with van der Waals surface area (Å²) in [5, 5.41) is 23.2. The molecule has 1 aromatic carbocycles. The number of hydrogen-bond donors (Lipinski definition) is 3. The van der Waals surface area contributed by atoms with E-state index in [1.54, 1.807) is 0 Å². The Hall–Kier alpha value is -3.36. The van der Waals surface area contributed by atoms with E-state index in [1.165, 1.54) is 23.7 Å². The number of aliphatic hydroxyl groups is 1. The van der Waals surface area contributed by atoms with Crippen LogP contribution in [0.5, 0.6) is 0 Å². The van der Waals surface area contributed by atoms with Gasteiger partial charge in [0.1, 0.15) is 17.3 Å². The Morgan fingerprint density at radius 1 is 1.14 bits per heavy atom. The van der Waals surface area contributed by atoms with Crippen molar-refractivity contribution in [2.75, 3.05) is 29.9 Å². The van der Waals surface area contributed by atoms with Crippen molar-refractivity contribution in [3.8, 4) is 11.3 Å². The van der Waals surface area contributed by atoms with Crippen molar-refractivity contribution >= 4 is 28.3 Å². The summed E-state index contributed by atoms with van der Waals surface area (Å²) in [6.45, 7) is 4.43. The summed E-state index contributed by atoms with van der Waals surface area (Å²) in [6, 6.07) is 2.73. The van der Waals surface area contributed by atoms with Gasteiger partial charge in [-0.05, 0) is 56.8 Å². The average Bonchev–Trinajstić information content (AvgIpc) is 3.58. The zero-order chi connectivity index (χ0) is 30.0. The molecule has 2 saturated heterocycles. The fourth-order valence-corrected chi connectivity index (χ4v) is 6.60. The molecule has 5 rings (SSSR count). The van der Waals surface area contributed by atoms with Gasteiger partial charge in [0.15, 0.2) is 11.4 Å². The lowest BCUT2D eigenvalue weighted by Gasteiger charge is -2.30. The summed E-state index contributed by atoms with van der Waals surface area (Å²) < 4.78 is 54.7. The molecule has 4 heterocycles. The monoisotopic (exact) mass is 608 g/mol. The topological polar surface area (TPSA) is 115 Å². The van der Waals surface area contributed by atoms with Crippen LogP contribution in [0.2, 0.25) is 0 Å². The number of aliphatic hydroxyl groups excluding tert-OH is 1. The molecule has 42 heavy (non-hydrogen) atoms. The van der Waals surface area contributed by atoms with Gasteiger partial charge in [0.25, 0.3) is 0 Å². The van der Waals surface area contributed by atoms with E-state index in [0.717, 1.165) is 37.9 Å². The van der Waals surface area contributed by atoms with Gasteiger partial charge in [-0.2, -0.15) is 13.2 Å². The number of thiazole rings is 1. The molecule has 14 heteroatoms. The first-order valence-electron chi connectivity index (χ1n) is 13.9. The summed E-state index contributed by atoms with van der Waals surface area (Å²) in [5.41, 5.74) is -0.652. The van der Waals surface area contributed by atoms with Crippen molar-refractivity contribution in [3.63, 3.8) is 0 Å². The minimum atomic E-state index is -4.72. The van der Waals surface area contributed by atoms with Crippen LogP contribution in [-0.4, -0.2) is 61.7 Å². The van der Waals surface area contributed by atoms with E-state index in [9.17, 15) is 32.6 Å². The van der Waals surface area contributed by atoms with Crippen LogP contribution in [-0.2, 0) is 17.5 Å². The Kier molecular flexibility index (Phi) is 8.94. The molecular formula is C28H32F4N6O3S. The van der Waals surface area contributed by atoms with E-state index < -0.39 is 29.8 Å². The molecule has 1 unspecified atom stereocenters. The molecule has 2 aliphatic rings. The number of aromatic nitrogens is 3. The number of nitrogens with zero attached hydrogens (tertiary/aromatic N) is 5. The van der Waals surface area contributed by atoms with Crippen molar-refractivity contribution < 1.29 is 32.6 Å². The number of benzene rings is 1. The number of alkyl halides is 3. The lowest BCUT2D eigenvalue weighted by atomic mass is 9.97. The van der Waals surface area contributed by atoms with Gasteiger partial charge in [-0.1, -0.05) is 6.92 Å². The normalized spacial score (nSPS) is 19.3. The van der Waals surface area contributed by atoms with Crippen LogP contribution in [0.4, 0.5) is 28.5 Å². The maximum atomic E-state index is 14.3. The number of rotatable bonds is 9. The molecule has 3 aromatic rings. The number of aliphatic carboxylic acids is 1. The maximum Gasteiger partial charge on any atom is 0.416 e. The first kappa shape index (κ1) is 30.1. The third-order valence-electron chi connectivity index (χ3n) is 7.88. The minimum absolute atomic E-state index is 0.0131. The molecule has 2 aliphatic heterocycles. The number of piperidine rings is 1. The smallest absolute Gasteiger partial charge is 0.416 e. The zero-order valence-electron chi connectivity index (χ0n) is 22.9. The van der Waals surface area contributed by atoms with Crippen LogP contribution in [0.1, 0.15) is 61.4 Å². The molecule has 2 atom stereocenters. The fraction of sp³-hybridized carbons (Fsp3) is 0.500. The number of carboxylic acid groups (broad SMARTS) is 1. The standard InChI is InChI=1S/C28H32F4N6O3S/c1-2-20-4-3-7-38(20)15-22-24(17-10-18(28(30,31)32)12-19(29)11-17)35-27(42-22)36-25(39)21-13-34-23(14-33-21)37-8-5-16(6-9-37)26(40)41/h10-14,16,20,25,39H,2-9,15H2,1H3,(H,35,36)(H,40,41)/t20-,25?/m1/s1. The predicted molar refractivity (Wildman–Crippen MR) is 149 cm³/mol. The Bertz CT molecular complexity index is 1400. The molecule has 0 bridgehead atoms. The highest BCUT2D eigenvalue weighted by Crippen LogP contribution is 2.38. The van der Waals surface area contributed by atoms with E-state index in [1.807, 2.05) is 4.90 Å². The molecule has 9 nitrogen and oxygen atoms in total. The summed E-state index contributed by atoms with van der Waals surface area (Å²) in [5.74, 6) is -1.62. The van der Waals surface area contributed by atoms with Gasteiger partial charge in [0.05, 0.1) is 29.6 Å². The quantitative estimate of drug-likeness (QED) is 0.213. The Morgan fingerprint density at radius 3 is 2.55 bits per heavy atom. The van der Waals surface area contributed by atoms with Crippen LogP contribution in [0.15, 0.2) is 30.6 Å². The van der Waals surface area contributed by atoms with E-state index in [2.05, 4.69) is 32.1 Å². The molecule has 0 radical (unpaired) electrons. The van der Waals surface area contributed by atoms with Gasteiger partial charge in [-0.3, -0.25) is 14.7 Å². The van der Waals surface area contributed by atoms with Crippen LogP contribution >= 0.6 is 11.3 Å². The van der Waals surface area contributed by atoms with Crippen molar-refractivity contribution in [1.82, 2.24) is 19.9 Å². The van der Waals surface area contributed by atoms with E-state index in [-0.39, 0.29) is 28.0 Å². The Morgan fingerprint density at radius 2 is 1.90 bits per heavy atom. The first-order valence-corrected chi connectivity index (χ1v) is 14.7. The highest BCUT2D eigenvalue weighted by molar-refractivity contribution is 7.16. The molecular weight excluding hydrogens is 576 g/mol. The van der Waals surface area contributed by atoms with E-state index in [4.69, 9.17) is 0 Å². The molecule has 2 aromatic heterocycles. The number of carbonyl (C=O) groups is 1. The Balaban J connectivity index is 1.36. The van der Waals surface area contributed by atoms with Gasteiger partial charge in [-0.15, -0.1) is 11.3 Å². The minimum Gasteiger partial charge on any atom is -0.481 e. The maximum absolute atomic E-state index is 14.3. The van der Waals surface area contributed by atoms with Gasteiger partial charge in [-0.25, -0.2) is 14.4 Å². The van der Waals surface area contributed by atoms with Crippen molar-refractivity contribution in [2.45, 2.75) is 64.0 Å². The first-order chi connectivity index (χ1) is 20.0. The third kappa shape index (κ3) is 6.81. The number of likely N-dealkylation sites (tertiary alicyclic amines) is 1. The van der Waals surface area contributed by atoms with Crippen LogP contribution in [0.3, 0.4) is 0 Å². The SMILES string of the molecule is CC[C@@H]1CCCN1Cc1sc(NC(O)c2cnc(N3CCC(C(=O)O)CC3)cn2)nc1-c1cc(F)cc(C(F)(F)F)c1. The van der Waals surface area contributed by atoms with Crippen molar-refractivity contribution in [1.29, 1.82) is 0 Å². The zero-order valence-corrected chi connectivity index (χ0v) is 23.8. The van der Waals surface area contributed by atoms with Crippen LogP contribution < -0.4 is 10.2 Å². The summed E-state index contributed by atoms with van der Waals surface area (Å²) in [7, 11) is 0. The van der Waals surface area contributed by atoms with Gasteiger partial charge >= 0.3 is 12.1 Å². The molecule has 0 aliphatic carbocycles. The van der Waals surface area contributed by atoms with Gasteiger partial charge in [0, 0.05) is 36.1 Å². The summed E-state index contributed by atoms with van der Waals surface area (Å²) in [6.07, 6.45) is 0.859. The number of nitrogens with one attached hydrogen (secondary N) is 1. The lowest BCUT2D eigenvalue weighted by molar-refractivity contribution is -0.142. The fourth-order valence-electron chi connectivity index (χ4n) is 5.57. The van der Waals surface area contributed by atoms with Gasteiger partial charge in [0.2, 0.25) is 0 Å². The van der Waals surface area contributed by atoms with E-state index in [0.29, 0.717) is 55.3 Å². The summed E-state index contributed by atoms with van der Waals surface area (Å²) in [4.78, 5) is 29.2. The molecule has 3 N–H and O–H groups in total. The second kappa shape index (κ2) is 12.5. The highest BCUT2D eigenvalue weighted by atomic mass is 32.1. The number of anilines is 2. The highest BCUT2D eigenvalue weighted by Gasteiger charge is 2.33. The van der Waals surface area contributed by atoms with Crippen LogP contribution in [0, 0.1) is 11.7 Å². The average molecular weight is 609 g/mol. The molecule has 0 spiro atoms. The Labute approximate surface area is 244 Å². The van der Waals surface area contributed by atoms with Crippen LogP contribution in [0.25, 0.3) is 11.3 Å². The molecule has 0 saturated carbocycles. The molecule has 2 fully saturated rings. The van der Waals surface area contributed by atoms with Crippen molar-refractivity contribution in [3.05, 3.63) is 52.5 Å². The third-order valence-corrected chi connectivity index (χ3v) is 8.85. The second-order valence-corrected chi connectivity index (χ2v) is 11.7. The number of halogens is 4. The summed E-state index contributed by atoms with van der Waals surface area (Å²) >= 11 is 1.19. The molecule has 226 valence electrons. The lowest BCUT2D eigenvalue weighted by Crippen LogP contribution is -2.36. The van der Waals surface area contributed by atoms with E-state index >= 15 is 0 Å². The molecule has 0 amide bonds.